The number of carbonyl (C=O) groups is 1. The lowest BCUT2D eigenvalue weighted by Gasteiger charge is -2.31. The Bertz CT molecular complexity index is 831. The molecule has 0 N–H and O–H groups in total. The Hall–Kier alpha value is -2.70. The first-order chi connectivity index (χ1) is 11.2. The molecule has 0 unspecified atom stereocenters. The van der Waals surface area contributed by atoms with Crippen LogP contribution in [0.15, 0.2) is 35.3 Å². The third-order valence-corrected chi connectivity index (χ3v) is 4.35. The molecular weight excluding hydrogens is 294 g/mol. The van der Waals surface area contributed by atoms with Crippen LogP contribution in [-0.2, 0) is 0 Å². The molecule has 0 saturated carbocycles. The minimum absolute atomic E-state index is 0.0873. The second kappa shape index (κ2) is 5.49. The maximum atomic E-state index is 12.3. The molecule has 7 nitrogen and oxygen atoms in total. The number of carbonyl (C=O) groups excluding carboxylic acids is 1. The Kier molecular flexibility index (Phi) is 3.33. The Morgan fingerprint density at radius 2 is 2.17 bits per heavy atom. The molecule has 1 saturated heterocycles. The van der Waals surface area contributed by atoms with Crippen LogP contribution in [0.2, 0.25) is 0 Å². The van der Waals surface area contributed by atoms with Gasteiger partial charge in [-0.05, 0) is 25.8 Å². The summed E-state index contributed by atoms with van der Waals surface area (Å²) in [5.41, 5.74) is 3.00. The third-order valence-electron chi connectivity index (χ3n) is 4.35. The van der Waals surface area contributed by atoms with Gasteiger partial charge in [0.15, 0.2) is 12.0 Å². The van der Waals surface area contributed by atoms with Gasteiger partial charge in [0, 0.05) is 37.0 Å². The summed E-state index contributed by atoms with van der Waals surface area (Å²) in [4.78, 5) is 22.3. The van der Waals surface area contributed by atoms with Gasteiger partial charge < -0.3 is 9.32 Å². The highest BCUT2D eigenvalue weighted by Gasteiger charge is 2.27. The Morgan fingerprint density at radius 3 is 2.91 bits per heavy atom. The van der Waals surface area contributed by atoms with E-state index in [1.807, 2.05) is 34.7 Å². The number of nitrogens with zero attached hydrogens (tertiary/aromatic N) is 5. The Morgan fingerprint density at radius 1 is 1.35 bits per heavy atom. The largest absolute Gasteiger partial charge is 0.438 e. The van der Waals surface area contributed by atoms with Crippen LogP contribution in [0.1, 0.15) is 40.7 Å². The second-order valence-corrected chi connectivity index (χ2v) is 5.86. The van der Waals surface area contributed by atoms with E-state index in [-0.39, 0.29) is 5.91 Å². The van der Waals surface area contributed by atoms with Gasteiger partial charge in [0.1, 0.15) is 0 Å². The SMILES string of the molecule is Cc1cc2nccc(C3CCN(C(=O)c4cnco4)CC3)n2n1. The number of likely N-dealkylation sites (tertiary alicyclic amines) is 1. The van der Waals surface area contributed by atoms with E-state index in [4.69, 9.17) is 4.42 Å². The molecule has 118 valence electrons. The van der Waals surface area contributed by atoms with E-state index in [2.05, 4.69) is 15.1 Å². The highest BCUT2D eigenvalue weighted by molar-refractivity contribution is 5.91. The Labute approximate surface area is 132 Å². The van der Waals surface area contributed by atoms with E-state index >= 15 is 0 Å². The molecule has 1 fully saturated rings. The van der Waals surface area contributed by atoms with Gasteiger partial charge in [-0.15, -0.1) is 0 Å². The number of oxazole rings is 1. The van der Waals surface area contributed by atoms with Gasteiger partial charge in [0.25, 0.3) is 5.91 Å². The normalized spacial score (nSPS) is 16.1. The molecule has 0 aromatic carbocycles. The van der Waals surface area contributed by atoms with Crippen molar-refractivity contribution in [3.8, 4) is 0 Å². The molecule has 1 aliphatic heterocycles. The minimum Gasteiger partial charge on any atom is -0.438 e. The van der Waals surface area contributed by atoms with Gasteiger partial charge in [0.2, 0.25) is 5.76 Å². The molecule has 0 atom stereocenters. The fraction of sp³-hybridized carbons (Fsp3) is 0.375. The fourth-order valence-corrected chi connectivity index (χ4v) is 3.19. The maximum Gasteiger partial charge on any atom is 0.291 e. The number of amides is 1. The van der Waals surface area contributed by atoms with Crippen molar-refractivity contribution in [2.45, 2.75) is 25.7 Å². The molecule has 4 rings (SSSR count). The van der Waals surface area contributed by atoms with Gasteiger partial charge in [-0.2, -0.15) is 5.10 Å². The van der Waals surface area contributed by atoms with Gasteiger partial charge in [-0.25, -0.2) is 14.5 Å². The minimum atomic E-state index is -0.0873. The van der Waals surface area contributed by atoms with Gasteiger partial charge in [-0.3, -0.25) is 4.79 Å². The molecule has 3 aromatic heterocycles. The van der Waals surface area contributed by atoms with Gasteiger partial charge in [-0.1, -0.05) is 0 Å². The summed E-state index contributed by atoms with van der Waals surface area (Å²) in [7, 11) is 0. The molecule has 0 spiro atoms. The standard InChI is InChI=1S/C16H17N5O2/c1-11-8-15-18-5-2-13(21(15)19-11)12-3-6-20(7-4-12)16(22)14-9-17-10-23-14/h2,5,8-10,12H,3-4,6-7H2,1H3. The van der Waals surface area contributed by atoms with Crippen molar-refractivity contribution in [2.24, 2.45) is 0 Å². The Balaban J connectivity index is 1.52. The zero-order valence-corrected chi connectivity index (χ0v) is 12.8. The van der Waals surface area contributed by atoms with E-state index in [0.717, 1.165) is 29.9 Å². The van der Waals surface area contributed by atoms with Crippen LogP contribution >= 0.6 is 0 Å². The van der Waals surface area contributed by atoms with Crippen molar-refractivity contribution >= 4 is 11.6 Å². The number of rotatable bonds is 2. The molecule has 23 heavy (non-hydrogen) atoms. The summed E-state index contributed by atoms with van der Waals surface area (Å²) in [6.07, 6.45) is 6.38. The average molecular weight is 311 g/mol. The molecule has 7 heteroatoms. The molecular formula is C16H17N5O2. The summed E-state index contributed by atoms with van der Waals surface area (Å²) in [6, 6.07) is 4.00. The zero-order valence-electron chi connectivity index (χ0n) is 12.8. The van der Waals surface area contributed by atoms with E-state index in [1.54, 1.807) is 0 Å². The van der Waals surface area contributed by atoms with Gasteiger partial charge >= 0.3 is 0 Å². The quantitative estimate of drug-likeness (QED) is 0.724. The molecule has 4 heterocycles. The number of hydrogen-bond acceptors (Lipinski definition) is 5. The number of hydrogen-bond donors (Lipinski definition) is 0. The van der Waals surface area contributed by atoms with Crippen molar-refractivity contribution in [3.63, 3.8) is 0 Å². The molecule has 0 radical (unpaired) electrons. The first-order valence-electron chi connectivity index (χ1n) is 7.71. The molecule has 1 aliphatic rings. The first-order valence-corrected chi connectivity index (χ1v) is 7.71. The van der Waals surface area contributed by atoms with Crippen LogP contribution in [0.4, 0.5) is 0 Å². The summed E-state index contributed by atoms with van der Waals surface area (Å²) < 4.78 is 7.02. The number of aromatic nitrogens is 4. The molecule has 0 aliphatic carbocycles. The molecule has 0 bridgehead atoms. The lowest BCUT2D eigenvalue weighted by atomic mass is 9.93. The van der Waals surface area contributed by atoms with Crippen molar-refractivity contribution in [2.75, 3.05) is 13.1 Å². The topological polar surface area (TPSA) is 76.5 Å². The summed E-state index contributed by atoms with van der Waals surface area (Å²) in [5.74, 6) is 0.590. The van der Waals surface area contributed by atoms with Crippen LogP contribution in [0.25, 0.3) is 5.65 Å². The summed E-state index contributed by atoms with van der Waals surface area (Å²) in [5, 5.41) is 4.53. The lowest BCUT2D eigenvalue weighted by Crippen LogP contribution is -2.38. The predicted octanol–water partition coefficient (Wildman–Crippen LogP) is 2.05. The highest BCUT2D eigenvalue weighted by atomic mass is 16.3. The first kappa shape index (κ1) is 13.9. The predicted molar refractivity (Wildman–Crippen MR) is 82.1 cm³/mol. The van der Waals surface area contributed by atoms with E-state index in [0.29, 0.717) is 24.8 Å². The van der Waals surface area contributed by atoms with E-state index in [9.17, 15) is 4.79 Å². The monoisotopic (exact) mass is 311 g/mol. The van der Waals surface area contributed by atoms with Crippen LogP contribution in [0.3, 0.4) is 0 Å². The van der Waals surface area contributed by atoms with E-state index in [1.165, 1.54) is 12.6 Å². The summed E-state index contributed by atoms with van der Waals surface area (Å²) >= 11 is 0. The summed E-state index contributed by atoms with van der Waals surface area (Å²) in [6.45, 7) is 3.37. The second-order valence-electron chi connectivity index (χ2n) is 5.86. The molecule has 3 aromatic rings. The smallest absolute Gasteiger partial charge is 0.291 e. The van der Waals surface area contributed by atoms with Gasteiger partial charge in [0.05, 0.1) is 11.9 Å². The van der Waals surface area contributed by atoms with Crippen molar-refractivity contribution in [3.05, 3.63) is 48.1 Å². The van der Waals surface area contributed by atoms with Crippen LogP contribution in [0, 0.1) is 6.92 Å². The fourth-order valence-electron chi connectivity index (χ4n) is 3.19. The zero-order chi connectivity index (χ0) is 15.8. The van der Waals surface area contributed by atoms with Crippen LogP contribution in [-0.4, -0.2) is 43.5 Å². The highest BCUT2D eigenvalue weighted by Crippen LogP contribution is 2.28. The van der Waals surface area contributed by atoms with Crippen LogP contribution < -0.4 is 0 Å². The number of fused-ring (bicyclic) bond motifs is 1. The van der Waals surface area contributed by atoms with Crippen LogP contribution in [0.5, 0.6) is 0 Å². The molecule has 1 amide bonds. The number of piperidine rings is 1. The van der Waals surface area contributed by atoms with Crippen molar-refractivity contribution < 1.29 is 9.21 Å². The van der Waals surface area contributed by atoms with Crippen molar-refractivity contribution in [1.82, 2.24) is 24.5 Å². The lowest BCUT2D eigenvalue weighted by molar-refractivity contribution is 0.0679. The maximum absolute atomic E-state index is 12.3. The number of aryl methyl sites for hydroxylation is 1. The third kappa shape index (κ3) is 2.48. The van der Waals surface area contributed by atoms with E-state index < -0.39 is 0 Å². The average Bonchev–Trinajstić information content (AvgIpc) is 3.22. The van der Waals surface area contributed by atoms with Crippen molar-refractivity contribution in [1.29, 1.82) is 0 Å².